The van der Waals surface area contributed by atoms with Gasteiger partial charge in [-0.15, -0.1) is 11.3 Å². The molecule has 1 atom stereocenters. The van der Waals surface area contributed by atoms with E-state index in [-0.39, 0.29) is 23.3 Å². The molecular formula is C27H35N3O3S. The second kappa shape index (κ2) is 10.1. The Balaban J connectivity index is 1.12. The second-order valence-corrected chi connectivity index (χ2v) is 11.1. The third-order valence-corrected chi connectivity index (χ3v) is 8.82. The lowest BCUT2D eigenvalue weighted by Gasteiger charge is -2.38. The molecule has 0 radical (unpaired) electrons. The summed E-state index contributed by atoms with van der Waals surface area (Å²) >= 11 is 1.72. The predicted molar refractivity (Wildman–Crippen MR) is 134 cm³/mol. The molecule has 5 rings (SSSR count). The largest absolute Gasteiger partial charge is 0.497 e. The molecule has 34 heavy (non-hydrogen) atoms. The summed E-state index contributed by atoms with van der Waals surface area (Å²) in [6.07, 6.45) is 5.81. The number of rotatable bonds is 9. The van der Waals surface area contributed by atoms with Gasteiger partial charge in [0.2, 0.25) is 11.8 Å². The topological polar surface area (TPSA) is 61.9 Å². The van der Waals surface area contributed by atoms with Crippen LogP contribution in [-0.2, 0) is 16.1 Å². The first-order valence-electron chi connectivity index (χ1n) is 12.5. The van der Waals surface area contributed by atoms with Crippen LogP contribution in [0.5, 0.6) is 5.75 Å². The summed E-state index contributed by atoms with van der Waals surface area (Å²) < 4.78 is 5.24. The molecule has 2 saturated heterocycles. The van der Waals surface area contributed by atoms with Crippen molar-refractivity contribution in [3.8, 4) is 5.75 Å². The van der Waals surface area contributed by atoms with Crippen molar-refractivity contribution in [3.05, 3.63) is 52.2 Å². The van der Waals surface area contributed by atoms with Gasteiger partial charge in [0.05, 0.1) is 18.6 Å². The first kappa shape index (κ1) is 23.4. The van der Waals surface area contributed by atoms with E-state index in [9.17, 15) is 9.59 Å². The Morgan fingerprint density at radius 3 is 2.53 bits per heavy atom. The fourth-order valence-corrected chi connectivity index (χ4v) is 6.20. The molecule has 2 aromatic rings. The molecule has 1 saturated carbocycles. The summed E-state index contributed by atoms with van der Waals surface area (Å²) in [7, 11) is 1.67. The molecule has 2 aliphatic heterocycles. The summed E-state index contributed by atoms with van der Waals surface area (Å²) in [6, 6.07) is 12.3. The third kappa shape index (κ3) is 5.15. The predicted octanol–water partition coefficient (Wildman–Crippen LogP) is 4.23. The fraction of sp³-hybridized carbons (Fsp3) is 0.556. The Labute approximate surface area is 206 Å². The van der Waals surface area contributed by atoms with E-state index >= 15 is 0 Å². The molecule has 3 fully saturated rings. The molecule has 1 aromatic heterocycles. The number of hydrogen-bond donors (Lipinski definition) is 1. The van der Waals surface area contributed by atoms with Gasteiger partial charge in [-0.2, -0.15) is 0 Å². The number of methoxy groups -OCH3 is 1. The smallest absolute Gasteiger partial charge is 0.229 e. The van der Waals surface area contributed by atoms with Crippen LogP contribution in [0.4, 0.5) is 0 Å². The van der Waals surface area contributed by atoms with Crippen molar-refractivity contribution in [1.29, 1.82) is 0 Å². The van der Waals surface area contributed by atoms with E-state index in [2.05, 4.69) is 27.7 Å². The minimum absolute atomic E-state index is 0.0945. The molecular weight excluding hydrogens is 446 g/mol. The van der Waals surface area contributed by atoms with Gasteiger partial charge < -0.3 is 19.9 Å². The maximum Gasteiger partial charge on any atom is 0.229 e. The SMILES string of the molecule is COc1ccc(CN2CCC3(CCN(CC[C@H](NC(=O)C4CC4)c4cccs4)CC3)C2=O)cc1. The Hall–Kier alpha value is -2.38. The molecule has 2 amide bonds. The monoisotopic (exact) mass is 481 g/mol. The number of benzene rings is 1. The van der Waals surface area contributed by atoms with E-state index < -0.39 is 0 Å². The maximum atomic E-state index is 13.4. The number of carbonyl (C=O) groups is 2. The van der Waals surface area contributed by atoms with Crippen LogP contribution in [0.15, 0.2) is 41.8 Å². The Morgan fingerprint density at radius 2 is 1.88 bits per heavy atom. The van der Waals surface area contributed by atoms with Crippen LogP contribution >= 0.6 is 11.3 Å². The van der Waals surface area contributed by atoms with Crippen molar-refractivity contribution >= 4 is 23.2 Å². The molecule has 182 valence electrons. The number of carbonyl (C=O) groups excluding carboxylic acids is 2. The van der Waals surface area contributed by atoms with Crippen molar-refractivity contribution in [1.82, 2.24) is 15.1 Å². The van der Waals surface area contributed by atoms with E-state index in [4.69, 9.17) is 4.74 Å². The second-order valence-electron chi connectivity index (χ2n) is 10.1. The van der Waals surface area contributed by atoms with E-state index in [1.165, 1.54) is 4.88 Å². The highest BCUT2D eigenvalue weighted by atomic mass is 32.1. The zero-order valence-electron chi connectivity index (χ0n) is 20.0. The minimum atomic E-state index is -0.184. The van der Waals surface area contributed by atoms with E-state index in [0.717, 1.165) is 76.0 Å². The summed E-state index contributed by atoms with van der Waals surface area (Å²) in [5.74, 6) is 1.61. The molecule has 1 aromatic carbocycles. The average Bonchev–Trinajstić information content (AvgIpc) is 3.51. The summed E-state index contributed by atoms with van der Waals surface area (Å²) in [4.78, 5) is 31.5. The number of amides is 2. The molecule has 1 spiro atoms. The number of ether oxygens (including phenoxy) is 1. The summed E-state index contributed by atoms with van der Waals surface area (Å²) in [6.45, 7) is 4.38. The zero-order valence-corrected chi connectivity index (χ0v) is 20.8. The molecule has 1 N–H and O–H groups in total. The zero-order chi connectivity index (χ0) is 23.5. The third-order valence-electron chi connectivity index (χ3n) is 7.83. The average molecular weight is 482 g/mol. The number of nitrogens with zero attached hydrogens (tertiary/aromatic N) is 2. The van der Waals surface area contributed by atoms with Gasteiger partial charge in [-0.25, -0.2) is 0 Å². The molecule has 7 heteroatoms. The highest BCUT2D eigenvalue weighted by Gasteiger charge is 2.47. The summed E-state index contributed by atoms with van der Waals surface area (Å²) in [5.41, 5.74) is 0.965. The molecule has 3 heterocycles. The van der Waals surface area contributed by atoms with Crippen LogP contribution < -0.4 is 10.1 Å². The van der Waals surface area contributed by atoms with E-state index in [1.54, 1.807) is 18.4 Å². The van der Waals surface area contributed by atoms with Gasteiger partial charge >= 0.3 is 0 Å². The fourth-order valence-electron chi connectivity index (χ4n) is 5.39. The normalized spacial score (nSPS) is 21.1. The number of piperidine rings is 1. The molecule has 3 aliphatic rings. The van der Waals surface area contributed by atoms with Gasteiger partial charge in [0.1, 0.15) is 5.75 Å². The number of hydrogen-bond acceptors (Lipinski definition) is 5. The van der Waals surface area contributed by atoms with Gasteiger partial charge in [-0.3, -0.25) is 9.59 Å². The van der Waals surface area contributed by atoms with Gasteiger partial charge in [0.25, 0.3) is 0 Å². The van der Waals surface area contributed by atoms with Crippen molar-refractivity contribution in [2.24, 2.45) is 11.3 Å². The number of thiophene rings is 1. The van der Waals surface area contributed by atoms with E-state index in [1.807, 2.05) is 29.2 Å². The van der Waals surface area contributed by atoms with Crippen molar-refractivity contribution < 1.29 is 14.3 Å². The van der Waals surface area contributed by atoms with Crippen LogP contribution in [0, 0.1) is 11.3 Å². The Kier molecular flexibility index (Phi) is 6.93. The summed E-state index contributed by atoms with van der Waals surface area (Å²) in [5, 5.41) is 5.37. The van der Waals surface area contributed by atoms with Crippen LogP contribution in [0.3, 0.4) is 0 Å². The number of nitrogens with one attached hydrogen (secondary N) is 1. The Bertz CT molecular complexity index is 979. The lowest BCUT2D eigenvalue weighted by atomic mass is 9.77. The van der Waals surface area contributed by atoms with Crippen LogP contribution in [0.2, 0.25) is 0 Å². The van der Waals surface area contributed by atoms with E-state index in [0.29, 0.717) is 12.5 Å². The Morgan fingerprint density at radius 1 is 1.15 bits per heavy atom. The van der Waals surface area contributed by atoms with Crippen molar-refractivity contribution in [2.75, 3.05) is 33.3 Å². The molecule has 6 nitrogen and oxygen atoms in total. The van der Waals surface area contributed by atoms with Crippen LogP contribution in [0.25, 0.3) is 0 Å². The van der Waals surface area contributed by atoms with Crippen molar-refractivity contribution in [3.63, 3.8) is 0 Å². The molecule has 0 bridgehead atoms. The van der Waals surface area contributed by atoms with Crippen molar-refractivity contribution in [2.45, 2.75) is 51.1 Å². The lowest BCUT2D eigenvalue weighted by molar-refractivity contribution is -0.139. The van der Waals surface area contributed by atoms with Gasteiger partial charge in [-0.1, -0.05) is 18.2 Å². The first-order chi connectivity index (χ1) is 16.6. The highest BCUT2D eigenvalue weighted by Crippen LogP contribution is 2.42. The minimum Gasteiger partial charge on any atom is -0.497 e. The first-order valence-corrected chi connectivity index (χ1v) is 13.4. The van der Waals surface area contributed by atoms with Gasteiger partial charge in [0, 0.05) is 30.4 Å². The molecule has 1 aliphatic carbocycles. The van der Waals surface area contributed by atoms with Crippen LogP contribution in [-0.4, -0.2) is 54.9 Å². The number of likely N-dealkylation sites (tertiary alicyclic amines) is 2. The highest BCUT2D eigenvalue weighted by molar-refractivity contribution is 7.10. The maximum absolute atomic E-state index is 13.4. The van der Waals surface area contributed by atoms with Gasteiger partial charge in [-0.05, 0) is 80.8 Å². The molecule has 0 unspecified atom stereocenters. The lowest BCUT2D eigenvalue weighted by Crippen LogP contribution is -2.45. The standard InChI is InChI=1S/C27H35N3O3S/c1-33-22-8-4-20(5-9-22)19-30-17-13-27(26(30)32)11-15-29(16-12-27)14-10-23(24-3-2-18-34-24)28-25(31)21-6-7-21/h2-5,8-9,18,21,23H,6-7,10-17,19H2,1H3,(H,28,31)/t23-/m0/s1. The van der Waals surface area contributed by atoms with Crippen LogP contribution in [0.1, 0.15) is 55.0 Å². The quantitative estimate of drug-likeness (QED) is 0.582. The van der Waals surface area contributed by atoms with Gasteiger partial charge in [0.15, 0.2) is 0 Å².